The maximum atomic E-state index is 10.4. The first-order valence-electron chi connectivity index (χ1n) is 4.06. The van der Waals surface area contributed by atoms with Gasteiger partial charge in [-0.2, -0.15) is 8.42 Å². The molecule has 0 spiro atoms. The lowest BCUT2D eigenvalue weighted by molar-refractivity contribution is 0.594. The van der Waals surface area contributed by atoms with Crippen LogP contribution in [0.5, 0.6) is 0 Å². The fraction of sp³-hybridized carbons (Fsp3) is 0.833. The monoisotopic (exact) mass is 208 g/mol. The molecule has 0 aromatic carbocycles. The van der Waals surface area contributed by atoms with Gasteiger partial charge in [-0.1, -0.05) is 19.8 Å². The summed E-state index contributed by atoms with van der Waals surface area (Å²) in [6.45, 7) is 2.58. The summed E-state index contributed by atoms with van der Waals surface area (Å²) in [5.41, 5.74) is 5.22. The average molecular weight is 208 g/mol. The Labute approximate surface area is 78.6 Å². The molecule has 78 valence electrons. The fourth-order valence-corrected chi connectivity index (χ4v) is 1.10. The highest BCUT2D eigenvalue weighted by Crippen LogP contribution is 1.92. The molecule has 5 N–H and O–H groups in total. The molecule has 13 heavy (non-hydrogen) atoms. The molecule has 0 amide bonds. The number of nitrogens with one attached hydrogen (secondary N) is 1. The minimum atomic E-state index is -3.77. The van der Waals surface area contributed by atoms with Crippen molar-refractivity contribution in [3.63, 3.8) is 0 Å². The van der Waals surface area contributed by atoms with Crippen molar-refractivity contribution in [1.29, 1.82) is 0 Å². The number of aliphatic imine (C=N–C) groups is 1. The quantitative estimate of drug-likeness (QED) is 0.315. The third-order valence-electron chi connectivity index (χ3n) is 1.29. The van der Waals surface area contributed by atoms with Crippen LogP contribution in [0.25, 0.3) is 0 Å². The summed E-state index contributed by atoms with van der Waals surface area (Å²) in [7, 11) is -3.77. The molecule has 0 atom stereocenters. The number of hydrogen-bond donors (Lipinski definition) is 3. The summed E-state index contributed by atoms with van der Waals surface area (Å²) in [4.78, 5) is 3.77. The van der Waals surface area contributed by atoms with Crippen molar-refractivity contribution < 1.29 is 8.42 Å². The first kappa shape index (κ1) is 12.2. The summed E-state index contributed by atoms with van der Waals surface area (Å²) in [5.74, 6) is -0.154. The number of guanidine groups is 1. The van der Waals surface area contributed by atoms with E-state index >= 15 is 0 Å². The minimum Gasteiger partial charge on any atom is -0.369 e. The molecular weight excluding hydrogens is 192 g/mol. The first-order valence-corrected chi connectivity index (χ1v) is 5.61. The molecule has 0 aromatic heterocycles. The molecule has 0 aliphatic heterocycles. The van der Waals surface area contributed by atoms with Crippen molar-refractivity contribution >= 4 is 16.2 Å². The second-order valence-corrected chi connectivity index (χ2v) is 3.92. The molecule has 0 bridgehead atoms. The molecule has 6 nitrogen and oxygen atoms in total. The molecule has 0 aliphatic rings. The second kappa shape index (κ2) is 5.76. The Morgan fingerprint density at radius 3 is 2.54 bits per heavy atom. The number of nitrogens with zero attached hydrogens (tertiary/aromatic N) is 1. The standard InChI is InChI=1S/C6H16N4O2S/c1-2-3-4-5-9-6(7)10-13(8,11)12/h2-5H2,1H3,(H3,7,9,10)(H2,8,11,12). The van der Waals surface area contributed by atoms with Crippen LogP contribution in [0.4, 0.5) is 0 Å². The van der Waals surface area contributed by atoms with Crippen LogP contribution in [0.1, 0.15) is 26.2 Å². The second-order valence-electron chi connectivity index (χ2n) is 2.62. The highest BCUT2D eigenvalue weighted by molar-refractivity contribution is 7.87. The Bertz CT molecular complexity index is 260. The van der Waals surface area contributed by atoms with Crippen molar-refractivity contribution in [3.05, 3.63) is 0 Å². The summed E-state index contributed by atoms with van der Waals surface area (Å²) >= 11 is 0. The molecule has 0 aromatic rings. The van der Waals surface area contributed by atoms with Crippen LogP contribution >= 0.6 is 0 Å². The number of nitrogens with two attached hydrogens (primary N) is 2. The van der Waals surface area contributed by atoms with Gasteiger partial charge in [0.15, 0.2) is 0 Å². The van der Waals surface area contributed by atoms with Gasteiger partial charge in [0.25, 0.3) is 10.2 Å². The molecule has 0 saturated heterocycles. The van der Waals surface area contributed by atoms with E-state index in [4.69, 9.17) is 5.73 Å². The summed E-state index contributed by atoms with van der Waals surface area (Å²) in [5, 5.41) is 4.67. The Kier molecular flexibility index (Phi) is 5.40. The molecular formula is C6H16N4O2S. The smallest absolute Gasteiger partial charge is 0.298 e. The minimum absolute atomic E-state index is 0.154. The normalized spacial score (nSPS) is 12.9. The highest BCUT2D eigenvalue weighted by Gasteiger charge is 2.01. The topological polar surface area (TPSA) is 111 Å². The molecule has 0 unspecified atom stereocenters. The lowest BCUT2D eigenvalue weighted by atomic mass is 10.2. The number of rotatable bonds is 5. The zero-order valence-corrected chi connectivity index (χ0v) is 8.47. The lowest BCUT2D eigenvalue weighted by Crippen LogP contribution is -2.40. The zero-order valence-electron chi connectivity index (χ0n) is 7.66. The van der Waals surface area contributed by atoms with Crippen LogP contribution in [0.3, 0.4) is 0 Å². The van der Waals surface area contributed by atoms with E-state index < -0.39 is 10.2 Å². The maximum Gasteiger partial charge on any atom is 0.298 e. The van der Waals surface area contributed by atoms with Crippen LogP contribution in [0.2, 0.25) is 0 Å². The van der Waals surface area contributed by atoms with Gasteiger partial charge in [0.2, 0.25) is 5.96 Å². The fourth-order valence-electron chi connectivity index (χ4n) is 0.739. The van der Waals surface area contributed by atoms with Gasteiger partial charge in [0, 0.05) is 6.54 Å². The molecule has 0 aliphatic carbocycles. The first-order chi connectivity index (χ1) is 5.95. The van der Waals surface area contributed by atoms with E-state index in [0.717, 1.165) is 19.3 Å². The van der Waals surface area contributed by atoms with Crippen LogP contribution in [-0.4, -0.2) is 20.9 Å². The zero-order chi connectivity index (χ0) is 10.3. The number of hydrogen-bond acceptors (Lipinski definition) is 3. The Balaban J connectivity index is 3.77. The van der Waals surface area contributed by atoms with Crippen LogP contribution < -0.4 is 15.6 Å². The van der Waals surface area contributed by atoms with Gasteiger partial charge in [-0.25, -0.2) is 9.86 Å². The Morgan fingerprint density at radius 1 is 1.46 bits per heavy atom. The van der Waals surface area contributed by atoms with Gasteiger partial charge < -0.3 is 5.73 Å². The molecule has 7 heteroatoms. The van der Waals surface area contributed by atoms with E-state index in [-0.39, 0.29) is 5.96 Å². The molecule has 0 heterocycles. The van der Waals surface area contributed by atoms with Gasteiger partial charge in [0.1, 0.15) is 0 Å². The van der Waals surface area contributed by atoms with Gasteiger partial charge in [-0.05, 0) is 6.42 Å². The Morgan fingerprint density at radius 2 is 2.08 bits per heavy atom. The van der Waals surface area contributed by atoms with Crippen molar-refractivity contribution in [2.45, 2.75) is 26.2 Å². The third-order valence-corrected chi connectivity index (χ3v) is 1.78. The van der Waals surface area contributed by atoms with E-state index in [0.29, 0.717) is 6.54 Å². The number of unbranched alkanes of at least 4 members (excludes halogenated alkanes) is 2. The van der Waals surface area contributed by atoms with Gasteiger partial charge in [-0.15, -0.1) is 0 Å². The lowest BCUT2D eigenvalue weighted by Gasteiger charge is -2.01. The summed E-state index contributed by atoms with van der Waals surface area (Å²) in [6, 6.07) is 0. The molecule has 0 radical (unpaired) electrons. The van der Waals surface area contributed by atoms with Crippen molar-refractivity contribution in [2.75, 3.05) is 6.54 Å². The van der Waals surface area contributed by atoms with Crippen molar-refractivity contribution in [3.8, 4) is 0 Å². The predicted molar refractivity (Wildman–Crippen MR) is 52.3 cm³/mol. The molecule has 0 saturated carbocycles. The van der Waals surface area contributed by atoms with E-state index in [1.54, 1.807) is 0 Å². The molecule has 0 fully saturated rings. The molecule has 0 rings (SSSR count). The van der Waals surface area contributed by atoms with Crippen LogP contribution in [0.15, 0.2) is 4.99 Å². The van der Waals surface area contributed by atoms with Gasteiger partial charge in [-0.3, -0.25) is 4.99 Å². The average Bonchev–Trinajstić information content (AvgIpc) is 1.94. The highest BCUT2D eigenvalue weighted by atomic mass is 32.2. The largest absolute Gasteiger partial charge is 0.369 e. The van der Waals surface area contributed by atoms with E-state index in [2.05, 4.69) is 17.1 Å². The van der Waals surface area contributed by atoms with Crippen LogP contribution in [-0.2, 0) is 10.2 Å². The van der Waals surface area contributed by atoms with E-state index in [9.17, 15) is 8.42 Å². The third kappa shape index (κ3) is 9.09. The van der Waals surface area contributed by atoms with Crippen molar-refractivity contribution in [1.82, 2.24) is 4.72 Å². The van der Waals surface area contributed by atoms with E-state index in [1.807, 2.05) is 4.72 Å². The van der Waals surface area contributed by atoms with Crippen molar-refractivity contribution in [2.24, 2.45) is 15.9 Å². The predicted octanol–water partition coefficient (Wildman–Crippen LogP) is -0.716. The maximum absolute atomic E-state index is 10.4. The van der Waals surface area contributed by atoms with Gasteiger partial charge >= 0.3 is 0 Å². The van der Waals surface area contributed by atoms with Crippen LogP contribution in [0, 0.1) is 0 Å². The summed E-state index contributed by atoms with van der Waals surface area (Å²) in [6.07, 6.45) is 3.02. The van der Waals surface area contributed by atoms with E-state index in [1.165, 1.54) is 0 Å². The SMILES string of the molecule is CCCCCN=C(N)NS(N)(=O)=O. The van der Waals surface area contributed by atoms with Gasteiger partial charge in [0.05, 0.1) is 0 Å². The summed E-state index contributed by atoms with van der Waals surface area (Å²) < 4.78 is 22.7. The Hall–Kier alpha value is -0.820.